The van der Waals surface area contributed by atoms with Gasteiger partial charge in [0.05, 0.1) is 23.4 Å². The number of furan rings is 1. The third kappa shape index (κ3) is 4.60. The summed E-state index contributed by atoms with van der Waals surface area (Å²) in [5, 5.41) is 0. The third-order valence-electron chi connectivity index (χ3n) is 5.45. The average molecular weight is 363 g/mol. The molecule has 1 unspecified atom stereocenters. The first-order valence-electron chi connectivity index (χ1n) is 9.85. The summed E-state index contributed by atoms with van der Waals surface area (Å²) in [6.07, 6.45) is 7.39. The van der Waals surface area contributed by atoms with Crippen LogP contribution in [0.5, 0.6) is 0 Å². The number of hydrogen-bond acceptors (Lipinski definition) is 3. The van der Waals surface area contributed by atoms with Crippen LogP contribution in [0.15, 0.2) is 76.1 Å². The summed E-state index contributed by atoms with van der Waals surface area (Å²) in [7, 11) is 0. The fraction of sp³-hybridized carbons (Fsp3) is 0.375. The molecule has 27 heavy (non-hydrogen) atoms. The Kier molecular flexibility index (Phi) is 6.33. The topological polar surface area (TPSA) is 28.7 Å². The van der Waals surface area contributed by atoms with Crippen LogP contribution < -0.4 is 0 Å². The van der Waals surface area contributed by atoms with Gasteiger partial charge >= 0.3 is 0 Å². The smallest absolute Gasteiger partial charge is 0.147 e. The summed E-state index contributed by atoms with van der Waals surface area (Å²) in [6.45, 7) is 12.6. The van der Waals surface area contributed by atoms with Crippen molar-refractivity contribution in [3.8, 4) is 0 Å². The standard InChI is InChI=1S/C24H30N2O/c1-5-23(19(3)25-20(4)24-13-9-17-27-24)26-15-8-11-21(14-16-26)22-12-7-6-10-18(22)2/h5-7,9-10,12-13,17,21H,3,8,11,14-16H2,1-2,4H3/b23-5+,25-20?. The second kappa shape index (κ2) is 8.90. The lowest BCUT2D eigenvalue weighted by Crippen LogP contribution is -2.25. The van der Waals surface area contributed by atoms with Gasteiger partial charge in [-0.2, -0.15) is 0 Å². The van der Waals surface area contributed by atoms with Crippen LogP contribution in [0.25, 0.3) is 0 Å². The highest BCUT2D eigenvalue weighted by Crippen LogP contribution is 2.32. The van der Waals surface area contributed by atoms with Crippen molar-refractivity contribution >= 4 is 5.71 Å². The highest BCUT2D eigenvalue weighted by Gasteiger charge is 2.21. The lowest BCUT2D eigenvalue weighted by Gasteiger charge is -2.26. The number of allylic oxidation sites excluding steroid dienone is 1. The number of benzene rings is 1. The molecule has 3 nitrogen and oxygen atoms in total. The second-order valence-electron chi connectivity index (χ2n) is 7.27. The van der Waals surface area contributed by atoms with Gasteiger partial charge in [0.25, 0.3) is 0 Å². The van der Waals surface area contributed by atoms with Crippen molar-refractivity contribution < 1.29 is 4.42 Å². The molecule has 0 N–H and O–H groups in total. The minimum atomic E-state index is 0.635. The zero-order chi connectivity index (χ0) is 19.2. The van der Waals surface area contributed by atoms with Crippen LogP contribution in [0.3, 0.4) is 0 Å². The van der Waals surface area contributed by atoms with E-state index in [4.69, 9.17) is 9.41 Å². The van der Waals surface area contributed by atoms with Gasteiger partial charge in [0, 0.05) is 13.1 Å². The van der Waals surface area contributed by atoms with Crippen molar-refractivity contribution in [2.24, 2.45) is 4.99 Å². The van der Waals surface area contributed by atoms with Gasteiger partial charge in [-0.05, 0) is 69.2 Å². The van der Waals surface area contributed by atoms with E-state index in [1.807, 2.05) is 19.1 Å². The van der Waals surface area contributed by atoms with Gasteiger partial charge in [0.2, 0.25) is 0 Å². The molecule has 2 heterocycles. The Labute approximate surface area is 163 Å². The summed E-state index contributed by atoms with van der Waals surface area (Å²) in [4.78, 5) is 7.15. The number of rotatable bonds is 5. The Morgan fingerprint density at radius 3 is 2.70 bits per heavy atom. The van der Waals surface area contributed by atoms with Crippen molar-refractivity contribution in [1.82, 2.24) is 4.90 Å². The Morgan fingerprint density at radius 2 is 2.00 bits per heavy atom. The summed E-state index contributed by atoms with van der Waals surface area (Å²) in [5.74, 6) is 1.43. The molecule has 0 radical (unpaired) electrons. The van der Waals surface area contributed by atoms with Gasteiger partial charge in [0.1, 0.15) is 5.76 Å². The Morgan fingerprint density at radius 1 is 1.19 bits per heavy atom. The first-order valence-corrected chi connectivity index (χ1v) is 9.85. The van der Waals surface area contributed by atoms with Crippen LogP contribution in [0.4, 0.5) is 0 Å². The lowest BCUT2D eigenvalue weighted by atomic mass is 9.89. The van der Waals surface area contributed by atoms with E-state index in [1.54, 1.807) is 6.26 Å². The zero-order valence-corrected chi connectivity index (χ0v) is 16.7. The minimum Gasteiger partial charge on any atom is -0.463 e. The van der Waals surface area contributed by atoms with Crippen molar-refractivity contribution in [2.45, 2.75) is 46.0 Å². The van der Waals surface area contributed by atoms with Crippen molar-refractivity contribution in [2.75, 3.05) is 13.1 Å². The van der Waals surface area contributed by atoms with E-state index in [2.05, 4.69) is 55.7 Å². The maximum Gasteiger partial charge on any atom is 0.147 e. The molecule has 1 saturated heterocycles. The van der Waals surface area contributed by atoms with E-state index in [0.29, 0.717) is 5.92 Å². The van der Waals surface area contributed by atoms with Crippen molar-refractivity contribution in [3.63, 3.8) is 0 Å². The molecule has 3 rings (SSSR count). The number of likely N-dealkylation sites (tertiary alicyclic amines) is 1. The molecule has 1 aliphatic heterocycles. The van der Waals surface area contributed by atoms with Crippen molar-refractivity contribution in [1.29, 1.82) is 0 Å². The highest BCUT2D eigenvalue weighted by atomic mass is 16.3. The largest absolute Gasteiger partial charge is 0.463 e. The van der Waals surface area contributed by atoms with Crippen molar-refractivity contribution in [3.05, 3.63) is 83.6 Å². The van der Waals surface area contributed by atoms with E-state index >= 15 is 0 Å². The molecule has 2 aromatic rings. The van der Waals surface area contributed by atoms with Gasteiger partial charge in [-0.1, -0.05) is 36.9 Å². The van der Waals surface area contributed by atoms with E-state index in [-0.39, 0.29) is 0 Å². The molecule has 0 saturated carbocycles. The third-order valence-corrected chi connectivity index (χ3v) is 5.45. The molecule has 0 aliphatic carbocycles. The van der Waals surface area contributed by atoms with Crippen LogP contribution in [0.1, 0.15) is 55.9 Å². The van der Waals surface area contributed by atoms with E-state index < -0.39 is 0 Å². The van der Waals surface area contributed by atoms with E-state index in [0.717, 1.165) is 42.4 Å². The summed E-state index contributed by atoms with van der Waals surface area (Å²) < 4.78 is 5.44. The van der Waals surface area contributed by atoms with E-state index in [1.165, 1.54) is 24.0 Å². The van der Waals surface area contributed by atoms with Gasteiger partial charge in [-0.3, -0.25) is 0 Å². The molecule has 1 atom stereocenters. The van der Waals surface area contributed by atoms with Crippen LogP contribution in [0, 0.1) is 6.92 Å². The molecular formula is C24H30N2O. The van der Waals surface area contributed by atoms with Gasteiger partial charge in [-0.25, -0.2) is 4.99 Å². The summed E-state index contributed by atoms with van der Waals surface area (Å²) in [5.41, 5.74) is 5.71. The number of hydrogen-bond donors (Lipinski definition) is 0. The first-order chi connectivity index (χ1) is 13.1. The summed E-state index contributed by atoms with van der Waals surface area (Å²) in [6, 6.07) is 12.6. The highest BCUT2D eigenvalue weighted by molar-refractivity contribution is 5.97. The molecule has 1 aromatic heterocycles. The number of nitrogens with zero attached hydrogens (tertiary/aromatic N) is 2. The Hall–Kier alpha value is -2.55. The quantitative estimate of drug-likeness (QED) is 0.476. The predicted octanol–water partition coefficient (Wildman–Crippen LogP) is 6.08. The van der Waals surface area contributed by atoms with Crippen LogP contribution in [-0.2, 0) is 0 Å². The Balaban J connectivity index is 1.71. The minimum absolute atomic E-state index is 0.635. The van der Waals surface area contributed by atoms with Gasteiger partial charge in [-0.15, -0.1) is 0 Å². The van der Waals surface area contributed by atoms with E-state index in [9.17, 15) is 0 Å². The van der Waals surface area contributed by atoms with Gasteiger partial charge in [0.15, 0.2) is 0 Å². The van der Waals surface area contributed by atoms with Gasteiger partial charge < -0.3 is 9.32 Å². The lowest BCUT2D eigenvalue weighted by molar-refractivity contribution is 0.361. The average Bonchev–Trinajstić information content (AvgIpc) is 3.10. The zero-order valence-electron chi connectivity index (χ0n) is 16.7. The Bertz CT molecular complexity index is 830. The van der Waals surface area contributed by atoms with Crippen LogP contribution in [0.2, 0.25) is 0 Å². The normalized spacial score (nSPS) is 19.1. The fourth-order valence-electron chi connectivity index (χ4n) is 4.02. The second-order valence-corrected chi connectivity index (χ2v) is 7.27. The first kappa shape index (κ1) is 19.2. The molecule has 142 valence electrons. The predicted molar refractivity (Wildman–Crippen MR) is 113 cm³/mol. The molecule has 3 heteroatoms. The molecule has 1 fully saturated rings. The summed E-state index contributed by atoms with van der Waals surface area (Å²) >= 11 is 0. The molecule has 0 amide bonds. The van der Waals surface area contributed by atoms with Crippen LogP contribution >= 0.6 is 0 Å². The fourth-order valence-corrected chi connectivity index (χ4v) is 4.02. The number of aliphatic imine (C=N–C) groups is 1. The number of aryl methyl sites for hydroxylation is 1. The molecular weight excluding hydrogens is 332 g/mol. The molecule has 0 spiro atoms. The monoisotopic (exact) mass is 362 g/mol. The SMILES string of the molecule is C=C(N=C(C)c1ccco1)/C(=C\C)N1CCCC(c2ccccc2C)CC1. The maximum absolute atomic E-state index is 5.44. The molecule has 0 bridgehead atoms. The van der Waals surface area contributed by atoms with Crippen LogP contribution in [-0.4, -0.2) is 23.7 Å². The molecule has 1 aliphatic rings. The maximum atomic E-state index is 5.44. The molecule has 1 aromatic carbocycles.